The van der Waals surface area contributed by atoms with Crippen LogP contribution in [-0.2, 0) is 9.59 Å². The van der Waals surface area contributed by atoms with E-state index in [0.29, 0.717) is 6.54 Å². The molecule has 2 rings (SSSR count). The summed E-state index contributed by atoms with van der Waals surface area (Å²) in [5.41, 5.74) is -0.468. The Hall–Kier alpha value is -1.10. The zero-order valence-corrected chi connectivity index (χ0v) is 12.3. The number of carboxylic acids is 1. The lowest BCUT2D eigenvalue weighted by atomic mass is 9.66. The first-order valence-electron chi connectivity index (χ1n) is 7.73. The largest absolute Gasteiger partial charge is 0.481 e. The van der Waals surface area contributed by atoms with E-state index in [1.54, 1.807) is 0 Å². The molecule has 0 aromatic heterocycles. The summed E-state index contributed by atoms with van der Waals surface area (Å²) in [6.07, 6.45) is 5.86. The Balaban J connectivity index is 1.91. The second-order valence-electron chi connectivity index (χ2n) is 6.56. The Morgan fingerprint density at radius 1 is 1.30 bits per heavy atom. The van der Waals surface area contributed by atoms with Gasteiger partial charge in [0.2, 0.25) is 5.91 Å². The van der Waals surface area contributed by atoms with Crippen molar-refractivity contribution < 1.29 is 14.7 Å². The van der Waals surface area contributed by atoms with Crippen LogP contribution < -0.4 is 10.6 Å². The van der Waals surface area contributed by atoms with E-state index in [1.807, 2.05) is 0 Å². The molecule has 1 amide bonds. The van der Waals surface area contributed by atoms with Crippen molar-refractivity contribution in [2.75, 3.05) is 19.6 Å². The maximum Gasteiger partial charge on any atom is 0.303 e. The highest BCUT2D eigenvalue weighted by atomic mass is 16.4. The highest BCUT2D eigenvalue weighted by molar-refractivity contribution is 5.83. The van der Waals surface area contributed by atoms with E-state index in [1.165, 1.54) is 0 Å². The van der Waals surface area contributed by atoms with Gasteiger partial charge in [-0.3, -0.25) is 9.59 Å². The molecule has 0 spiro atoms. The summed E-state index contributed by atoms with van der Waals surface area (Å²) in [6, 6.07) is 0. The summed E-state index contributed by atoms with van der Waals surface area (Å²) in [6.45, 7) is 4.26. The minimum Gasteiger partial charge on any atom is -0.481 e. The van der Waals surface area contributed by atoms with Gasteiger partial charge in [-0.2, -0.15) is 0 Å². The Bertz CT molecular complexity index is 371. The smallest absolute Gasteiger partial charge is 0.303 e. The first-order valence-corrected chi connectivity index (χ1v) is 7.73. The number of hydrogen-bond acceptors (Lipinski definition) is 3. The normalized spacial score (nSPS) is 27.9. The summed E-state index contributed by atoms with van der Waals surface area (Å²) < 4.78 is 0. The SMILES string of the molecule is CCCC1(C(=O)NCC2(CC(=O)O)CCC2)CCNC1. The first-order chi connectivity index (χ1) is 9.52. The van der Waals surface area contributed by atoms with Gasteiger partial charge in [0.05, 0.1) is 11.8 Å². The van der Waals surface area contributed by atoms with Gasteiger partial charge < -0.3 is 15.7 Å². The zero-order chi connectivity index (χ0) is 14.6. The average Bonchev–Trinajstić information content (AvgIpc) is 2.82. The maximum atomic E-state index is 12.5. The molecule has 0 bridgehead atoms. The van der Waals surface area contributed by atoms with Crippen LogP contribution in [0, 0.1) is 10.8 Å². The van der Waals surface area contributed by atoms with Gasteiger partial charge in [-0.1, -0.05) is 19.8 Å². The molecule has 2 aliphatic rings. The van der Waals surface area contributed by atoms with Crippen LogP contribution in [-0.4, -0.2) is 36.6 Å². The van der Waals surface area contributed by atoms with Crippen LogP contribution >= 0.6 is 0 Å². The first kappa shape index (κ1) is 15.3. The summed E-state index contributed by atoms with van der Waals surface area (Å²) in [4.78, 5) is 23.5. The van der Waals surface area contributed by atoms with Crippen molar-refractivity contribution in [3.05, 3.63) is 0 Å². The van der Waals surface area contributed by atoms with Crippen molar-refractivity contribution in [2.45, 2.75) is 51.9 Å². The van der Waals surface area contributed by atoms with E-state index >= 15 is 0 Å². The number of carboxylic acid groups (broad SMARTS) is 1. The highest BCUT2D eigenvalue weighted by Gasteiger charge is 2.43. The molecule has 1 saturated carbocycles. The van der Waals surface area contributed by atoms with E-state index in [2.05, 4.69) is 17.6 Å². The quantitative estimate of drug-likeness (QED) is 0.661. The van der Waals surface area contributed by atoms with E-state index in [0.717, 1.165) is 51.6 Å². The molecule has 1 aliphatic carbocycles. The van der Waals surface area contributed by atoms with Crippen molar-refractivity contribution in [3.63, 3.8) is 0 Å². The van der Waals surface area contributed by atoms with Crippen molar-refractivity contribution in [1.29, 1.82) is 0 Å². The van der Waals surface area contributed by atoms with Crippen molar-refractivity contribution in [3.8, 4) is 0 Å². The van der Waals surface area contributed by atoms with Crippen LogP contribution in [0.15, 0.2) is 0 Å². The molecule has 1 unspecified atom stereocenters. The third-order valence-corrected chi connectivity index (χ3v) is 5.02. The number of hydrogen-bond donors (Lipinski definition) is 3. The highest BCUT2D eigenvalue weighted by Crippen LogP contribution is 2.43. The van der Waals surface area contributed by atoms with Gasteiger partial charge in [0.25, 0.3) is 0 Å². The molecule has 3 N–H and O–H groups in total. The third-order valence-electron chi connectivity index (χ3n) is 5.02. The molecule has 114 valence electrons. The molecule has 1 saturated heterocycles. The third kappa shape index (κ3) is 3.14. The lowest BCUT2D eigenvalue weighted by molar-refractivity contribution is -0.142. The van der Waals surface area contributed by atoms with Gasteiger partial charge in [-0.25, -0.2) is 0 Å². The Labute approximate surface area is 120 Å². The summed E-state index contributed by atoms with van der Waals surface area (Å²) in [5, 5.41) is 15.3. The number of carbonyl (C=O) groups excluding carboxylic acids is 1. The van der Waals surface area contributed by atoms with Crippen molar-refractivity contribution >= 4 is 11.9 Å². The molecule has 0 aromatic rings. The molecule has 1 heterocycles. The standard InChI is InChI=1S/C15H26N2O3/c1-2-4-15(7-8-16-11-15)13(20)17-10-14(5-3-6-14)9-12(18)19/h16H,2-11H2,1H3,(H,17,20)(H,18,19). The van der Waals surface area contributed by atoms with Crippen LogP contribution in [0.4, 0.5) is 0 Å². The molecule has 5 nitrogen and oxygen atoms in total. The number of rotatable bonds is 7. The topological polar surface area (TPSA) is 78.4 Å². The second-order valence-corrected chi connectivity index (χ2v) is 6.56. The van der Waals surface area contributed by atoms with Crippen molar-refractivity contribution in [1.82, 2.24) is 10.6 Å². The monoisotopic (exact) mass is 282 g/mol. The van der Waals surface area contributed by atoms with Crippen LogP contribution in [0.1, 0.15) is 51.9 Å². The number of nitrogens with one attached hydrogen (secondary N) is 2. The molecular formula is C15H26N2O3. The molecule has 2 fully saturated rings. The molecule has 0 radical (unpaired) electrons. The van der Waals surface area contributed by atoms with Crippen molar-refractivity contribution in [2.24, 2.45) is 10.8 Å². The van der Waals surface area contributed by atoms with Gasteiger partial charge in [0.1, 0.15) is 0 Å². The van der Waals surface area contributed by atoms with Gasteiger partial charge in [-0.05, 0) is 37.6 Å². The molecule has 1 aliphatic heterocycles. The Morgan fingerprint density at radius 2 is 2.05 bits per heavy atom. The number of carbonyl (C=O) groups is 2. The van der Waals surface area contributed by atoms with Gasteiger partial charge in [0, 0.05) is 13.1 Å². The number of aliphatic carboxylic acids is 1. The van der Waals surface area contributed by atoms with Gasteiger partial charge >= 0.3 is 5.97 Å². The summed E-state index contributed by atoms with van der Waals surface area (Å²) in [5.74, 6) is -0.647. The molecule has 20 heavy (non-hydrogen) atoms. The van der Waals surface area contributed by atoms with Crippen LogP contribution in [0.25, 0.3) is 0 Å². The predicted octanol–water partition coefficient (Wildman–Crippen LogP) is 1.53. The van der Waals surface area contributed by atoms with E-state index < -0.39 is 5.97 Å². The predicted molar refractivity (Wildman–Crippen MR) is 76.4 cm³/mol. The van der Waals surface area contributed by atoms with E-state index in [4.69, 9.17) is 5.11 Å². The van der Waals surface area contributed by atoms with Gasteiger partial charge in [0.15, 0.2) is 0 Å². The molecule has 0 aromatic carbocycles. The fourth-order valence-corrected chi connectivity index (χ4v) is 3.61. The molecule has 5 heteroatoms. The lowest BCUT2D eigenvalue weighted by Crippen LogP contribution is -2.49. The Kier molecular flexibility index (Phi) is 4.68. The van der Waals surface area contributed by atoms with Crippen LogP contribution in [0.3, 0.4) is 0 Å². The van der Waals surface area contributed by atoms with Gasteiger partial charge in [-0.15, -0.1) is 0 Å². The minimum absolute atomic E-state index is 0.112. The van der Waals surface area contributed by atoms with Crippen LogP contribution in [0.2, 0.25) is 0 Å². The number of amides is 1. The fourth-order valence-electron chi connectivity index (χ4n) is 3.61. The average molecular weight is 282 g/mol. The summed E-state index contributed by atoms with van der Waals surface area (Å²) in [7, 11) is 0. The van der Waals surface area contributed by atoms with Crippen LogP contribution in [0.5, 0.6) is 0 Å². The molecule has 1 atom stereocenters. The molecular weight excluding hydrogens is 256 g/mol. The zero-order valence-electron chi connectivity index (χ0n) is 12.3. The maximum absolute atomic E-state index is 12.5. The summed E-state index contributed by atoms with van der Waals surface area (Å²) >= 11 is 0. The second kappa shape index (κ2) is 6.12. The fraction of sp³-hybridized carbons (Fsp3) is 0.867. The van der Waals surface area contributed by atoms with E-state index in [-0.39, 0.29) is 23.2 Å². The Morgan fingerprint density at radius 3 is 2.50 bits per heavy atom. The van der Waals surface area contributed by atoms with E-state index in [9.17, 15) is 9.59 Å². The minimum atomic E-state index is -0.759. The lowest BCUT2D eigenvalue weighted by Gasteiger charge is -2.41.